The van der Waals surface area contributed by atoms with E-state index in [1.54, 1.807) is 42.1 Å². The monoisotopic (exact) mass is 662 g/mol. The number of sulfonamides is 1. The molecule has 11 nitrogen and oxygen atoms in total. The highest BCUT2D eigenvalue weighted by Crippen LogP contribution is 2.40. The largest absolute Gasteiger partial charge is 0.492 e. The number of rotatable bonds is 12. The Balaban J connectivity index is 1.40. The van der Waals surface area contributed by atoms with Crippen LogP contribution in [0.15, 0.2) is 48.7 Å². The minimum absolute atomic E-state index is 0.210. The van der Waals surface area contributed by atoms with Crippen LogP contribution in [0.25, 0.3) is 10.9 Å². The maximum Gasteiger partial charge on any atom is 0.272 e. The van der Waals surface area contributed by atoms with Crippen LogP contribution in [-0.2, 0) is 22.5 Å². The molecule has 4 aromatic rings. The van der Waals surface area contributed by atoms with Crippen molar-refractivity contribution in [3.8, 4) is 17.4 Å². The van der Waals surface area contributed by atoms with E-state index in [-0.39, 0.29) is 16.9 Å². The molecule has 0 radical (unpaired) electrons. The number of aryl methyl sites for hydroxylation is 1. The van der Waals surface area contributed by atoms with Crippen molar-refractivity contribution in [2.24, 2.45) is 18.9 Å². The molecule has 2 heterocycles. The van der Waals surface area contributed by atoms with E-state index in [0.29, 0.717) is 40.4 Å². The number of anilines is 3. The number of carbonyl (C=O) groups is 1. The van der Waals surface area contributed by atoms with E-state index in [0.717, 1.165) is 29.7 Å². The summed E-state index contributed by atoms with van der Waals surface area (Å²) < 4.78 is 40.5. The van der Waals surface area contributed by atoms with Crippen molar-refractivity contribution in [3.05, 3.63) is 59.9 Å². The molecule has 0 bridgehead atoms. The molecule has 1 aliphatic rings. The molecule has 2 unspecified atom stereocenters. The normalized spacial score (nSPS) is 16.7. The minimum atomic E-state index is -3.61. The summed E-state index contributed by atoms with van der Waals surface area (Å²) in [5, 5.41) is 7.18. The fraction of sp³-hybridized carbons (Fsp3) is 0.457. The number of nitrogens with zero attached hydrogens (tertiary/aromatic N) is 3. The molecule has 1 amide bonds. The molecule has 47 heavy (non-hydrogen) atoms. The third kappa shape index (κ3) is 7.98. The van der Waals surface area contributed by atoms with E-state index in [9.17, 15) is 13.2 Å². The molecule has 0 saturated heterocycles. The highest BCUT2D eigenvalue weighted by Gasteiger charge is 2.27. The van der Waals surface area contributed by atoms with Crippen molar-refractivity contribution in [2.75, 3.05) is 35.3 Å². The zero-order valence-corrected chi connectivity index (χ0v) is 29.1. The molecule has 0 spiro atoms. The van der Waals surface area contributed by atoms with E-state index in [1.807, 2.05) is 39.0 Å². The molecule has 0 aliphatic heterocycles. The van der Waals surface area contributed by atoms with E-state index in [2.05, 4.69) is 32.2 Å². The van der Waals surface area contributed by atoms with Gasteiger partial charge in [0, 0.05) is 31.2 Å². The summed E-state index contributed by atoms with van der Waals surface area (Å²) in [6.45, 7) is 9.10. The van der Waals surface area contributed by atoms with Crippen LogP contribution in [-0.4, -0.2) is 48.8 Å². The number of methoxy groups -OCH3 is 1. The lowest BCUT2D eigenvalue weighted by molar-refractivity contribution is 0.101. The summed E-state index contributed by atoms with van der Waals surface area (Å²) >= 11 is 0. The Morgan fingerprint density at radius 2 is 1.83 bits per heavy atom. The Labute approximate surface area is 277 Å². The summed E-state index contributed by atoms with van der Waals surface area (Å²) in [6, 6.07) is 12.6. The van der Waals surface area contributed by atoms with Gasteiger partial charge >= 0.3 is 0 Å². The molecule has 2 atom stereocenters. The van der Waals surface area contributed by atoms with Gasteiger partial charge in [-0.2, -0.15) is 4.98 Å². The van der Waals surface area contributed by atoms with Crippen LogP contribution in [0.3, 0.4) is 0 Å². The molecule has 5 rings (SSSR count). The summed E-state index contributed by atoms with van der Waals surface area (Å²) in [5.41, 5.74) is 2.16. The Hall–Kier alpha value is -4.32. The molecular formula is C35H46N6O5S. The van der Waals surface area contributed by atoms with Gasteiger partial charge in [0.2, 0.25) is 21.9 Å². The van der Waals surface area contributed by atoms with Gasteiger partial charge in [-0.1, -0.05) is 65.5 Å². The first-order valence-electron chi connectivity index (χ1n) is 16.1. The highest BCUT2D eigenvalue weighted by atomic mass is 32.2. The maximum absolute atomic E-state index is 13.8. The Morgan fingerprint density at radius 3 is 2.53 bits per heavy atom. The first-order chi connectivity index (χ1) is 22.3. The summed E-state index contributed by atoms with van der Waals surface area (Å²) in [4.78, 5) is 22.8. The maximum atomic E-state index is 13.8. The predicted molar refractivity (Wildman–Crippen MR) is 187 cm³/mol. The van der Waals surface area contributed by atoms with Crippen molar-refractivity contribution in [1.82, 2.24) is 14.5 Å². The molecule has 3 N–H and O–H groups in total. The third-order valence-electron chi connectivity index (χ3n) is 8.80. The zero-order chi connectivity index (χ0) is 33.9. The van der Waals surface area contributed by atoms with E-state index < -0.39 is 15.9 Å². The van der Waals surface area contributed by atoms with Crippen molar-refractivity contribution in [1.29, 1.82) is 0 Å². The van der Waals surface area contributed by atoms with Crippen LogP contribution in [0.5, 0.6) is 17.4 Å². The lowest BCUT2D eigenvalue weighted by Crippen LogP contribution is -2.19. The second kappa shape index (κ2) is 13.8. The fourth-order valence-electron chi connectivity index (χ4n) is 6.47. The van der Waals surface area contributed by atoms with E-state index in [4.69, 9.17) is 9.47 Å². The molecule has 1 saturated carbocycles. The van der Waals surface area contributed by atoms with Crippen LogP contribution in [0, 0.1) is 11.8 Å². The summed E-state index contributed by atoms with van der Waals surface area (Å²) in [6.07, 6.45) is 9.02. The van der Waals surface area contributed by atoms with Gasteiger partial charge in [0.05, 0.1) is 30.3 Å². The van der Waals surface area contributed by atoms with Gasteiger partial charge in [0.1, 0.15) is 5.69 Å². The molecule has 1 fully saturated rings. The fourth-order valence-corrected chi connectivity index (χ4v) is 7.02. The van der Waals surface area contributed by atoms with E-state index >= 15 is 0 Å². The SMILES string of the molecule is CCCC1CCCC1CNc1nccc(Oc2cccc3cc(C(=O)Nc4cc(C(C)(C)C)cc(NS(C)(=O)=O)c4OC)n(C)c23)n1. The zero-order valence-electron chi connectivity index (χ0n) is 28.3. The van der Waals surface area contributed by atoms with Crippen LogP contribution in [0.4, 0.5) is 17.3 Å². The lowest BCUT2D eigenvalue weighted by atomic mass is 9.86. The summed E-state index contributed by atoms with van der Waals surface area (Å²) in [7, 11) is -0.384. The number of amides is 1. The average molecular weight is 663 g/mol. The average Bonchev–Trinajstić information content (AvgIpc) is 3.59. The van der Waals surface area contributed by atoms with Crippen molar-refractivity contribution >= 4 is 44.2 Å². The highest BCUT2D eigenvalue weighted by molar-refractivity contribution is 7.92. The van der Waals surface area contributed by atoms with Gasteiger partial charge in [-0.05, 0) is 53.5 Å². The minimum Gasteiger partial charge on any atom is -0.492 e. The standard InChI is InChI=1S/C35H46N6O5S/c1-8-11-22-12-9-14-24(22)21-37-34-36-17-16-30(39-34)46-29-15-10-13-23-18-28(41(5)31(23)29)33(42)38-26-19-25(35(2,3)4)20-27(32(26)45-6)40-47(7,43)44/h10,13,15-20,22,24,40H,8-9,11-12,14,21H2,1-7H3,(H,38,42)(H,36,37,39). The van der Waals surface area contributed by atoms with Gasteiger partial charge in [-0.25, -0.2) is 13.4 Å². The van der Waals surface area contributed by atoms with Gasteiger partial charge in [0.15, 0.2) is 11.5 Å². The number of hydrogen-bond donors (Lipinski definition) is 3. The smallest absolute Gasteiger partial charge is 0.272 e. The first kappa shape index (κ1) is 34.0. The predicted octanol–water partition coefficient (Wildman–Crippen LogP) is 7.32. The number of fused-ring (bicyclic) bond motifs is 1. The van der Waals surface area contributed by atoms with Crippen LogP contribution >= 0.6 is 0 Å². The molecule has 252 valence electrons. The Morgan fingerprint density at radius 1 is 1.09 bits per heavy atom. The number of ether oxygens (including phenoxy) is 2. The van der Waals surface area contributed by atoms with Crippen molar-refractivity contribution < 1.29 is 22.7 Å². The van der Waals surface area contributed by atoms with Gasteiger partial charge < -0.3 is 24.7 Å². The first-order valence-corrected chi connectivity index (χ1v) is 18.0. The summed E-state index contributed by atoms with van der Waals surface area (Å²) in [5.74, 6) is 2.66. The second-order valence-corrected chi connectivity index (χ2v) is 15.2. The van der Waals surface area contributed by atoms with Crippen molar-refractivity contribution in [3.63, 3.8) is 0 Å². The van der Waals surface area contributed by atoms with Crippen molar-refractivity contribution in [2.45, 2.75) is 65.2 Å². The number of benzene rings is 2. The molecule has 12 heteroatoms. The molecule has 1 aliphatic carbocycles. The lowest BCUT2D eigenvalue weighted by Gasteiger charge is -2.24. The third-order valence-corrected chi connectivity index (χ3v) is 9.39. The second-order valence-electron chi connectivity index (χ2n) is 13.4. The van der Waals surface area contributed by atoms with Gasteiger partial charge in [0.25, 0.3) is 5.91 Å². The Kier molecular flexibility index (Phi) is 10.00. The number of nitrogens with one attached hydrogen (secondary N) is 3. The van der Waals surface area contributed by atoms with Gasteiger partial charge in [-0.3, -0.25) is 9.52 Å². The van der Waals surface area contributed by atoms with Gasteiger partial charge in [-0.15, -0.1) is 0 Å². The Bertz CT molecular complexity index is 1860. The topological polar surface area (TPSA) is 136 Å². The molecule has 2 aromatic carbocycles. The number of aromatic nitrogens is 3. The molecule has 2 aromatic heterocycles. The number of para-hydroxylation sites is 1. The quantitative estimate of drug-likeness (QED) is 0.144. The molecular weight excluding hydrogens is 616 g/mol. The van der Waals surface area contributed by atoms with Crippen LogP contribution < -0.4 is 24.8 Å². The van der Waals surface area contributed by atoms with Crippen LogP contribution in [0.1, 0.15) is 75.9 Å². The van der Waals surface area contributed by atoms with E-state index in [1.165, 1.54) is 39.2 Å². The number of carbonyl (C=O) groups excluding carboxylic acids is 1. The number of hydrogen-bond acceptors (Lipinski definition) is 8. The van der Waals surface area contributed by atoms with Crippen LogP contribution in [0.2, 0.25) is 0 Å².